The van der Waals surface area contributed by atoms with E-state index in [0.29, 0.717) is 5.82 Å². The maximum Gasteiger partial charge on any atom is 0.164 e. The third-order valence-electron chi connectivity index (χ3n) is 9.37. The van der Waals surface area contributed by atoms with Crippen molar-refractivity contribution < 1.29 is 4.42 Å². The zero-order valence-electron chi connectivity index (χ0n) is 24.8. The van der Waals surface area contributed by atoms with E-state index in [9.17, 15) is 0 Å². The zero-order chi connectivity index (χ0) is 30.2. The molecule has 6 aromatic carbocycles. The predicted molar refractivity (Wildman–Crippen MR) is 194 cm³/mol. The van der Waals surface area contributed by atoms with Crippen molar-refractivity contribution in [2.45, 2.75) is 12.8 Å². The first-order chi connectivity index (χ1) is 22.8. The van der Waals surface area contributed by atoms with Crippen molar-refractivity contribution in [3.8, 4) is 22.5 Å². The number of fused-ring (bicyclic) bond motifs is 9. The monoisotopic (exact) mass is 606 g/mol. The van der Waals surface area contributed by atoms with Crippen molar-refractivity contribution in [3.05, 3.63) is 139 Å². The quantitative estimate of drug-likeness (QED) is 0.201. The molecule has 0 bridgehead atoms. The van der Waals surface area contributed by atoms with Crippen LogP contribution in [0.4, 0.5) is 0 Å². The highest BCUT2D eigenvalue weighted by molar-refractivity contribution is 7.26. The first-order valence-electron chi connectivity index (χ1n) is 15.7. The standard InChI is InChI=1S/C42H26N2OS/c1-2-13-27(14-3-1)38-41-39(32-18-8-9-20-35(32)46-41)44-42(43-38)33-23-22-31(30-19-10-15-25-11-4-6-16-28(25)30)37-36-29-17-7-5-12-26(29)21-24-34(36)45-40(33)37/h1-2,4-13,15-24H,3,14H2. The molecule has 4 heteroatoms. The molecule has 0 unspecified atom stereocenters. The van der Waals surface area contributed by atoms with E-state index in [1.165, 1.54) is 42.8 Å². The van der Waals surface area contributed by atoms with E-state index < -0.39 is 0 Å². The molecule has 46 heavy (non-hydrogen) atoms. The molecule has 0 aliphatic heterocycles. The van der Waals surface area contributed by atoms with Gasteiger partial charge in [-0.25, -0.2) is 9.97 Å². The van der Waals surface area contributed by atoms with Gasteiger partial charge in [0, 0.05) is 20.9 Å². The molecular weight excluding hydrogens is 581 g/mol. The van der Waals surface area contributed by atoms with Crippen LogP contribution < -0.4 is 0 Å². The Morgan fingerprint density at radius 2 is 1.37 bits per heavy atom. The lowest BCUT2D eigenvalue weighted by molar-refractivity contribution is 0.670. The smallest absolute Gasteiger partial charge is 0.164 e. The summed E-state index contributed by atoms with van der Waals surface area (Å²) in [5, 5.41) is 8.19. The summed E-state index contributed by atoms with van der Waals surface area (Å²) in [6.45, 7) is 0. The van der Waals surface area contributed by atoms with Gasteiger partial charge in [0.25, 0.3) is 0 Å². The maximum atomic E-state index is 6.88. The van der Waals surface area contributed by atoms with Crippen molar-refractivity contribution >= 4 is 80.7 Å². The number of aromatic nitrogens is 2. The van der Waals surface area contributed by atoms with Gasteiger partial charge in [-0.2, -0.15) is 0 Å². The second-order valence-corrected chi connectivity index (χ2v) is 13.0. The highest BCUT2D eigenvalue weighted by atomic mass is 32.1. The van der Waals surface area contributed by atoms with Crippen molar-refractivity contribution in [2.75, 3.05) is 0 Å². The summed E-state index contributed by atoms with van der Waals surface area (Å²) in [5.74, 6) is 0.694. The van der Waals surface area contributed by atoms with Gasteiger partial charge in [-0.05, 0) is 69.3 Å². The van der Waals surface area contributed by atoms with Gasteiger partial charge in [0.05, 0.1) is 21.5 Å². The van der Waals surface area contributed by atoms with Gasteiger partial charge in [-0.1, -0.05) is 115 Å². The Balaban J connectivity index is 1.34. The molecule has 0 saturated carbocycles. The van der Waals surface area contributed by atoms with Gasteiger partial charge >= 0.3 is 0 Å². The summed E-state index contributed by atoms with van der Waals surface area (Å²) in [4.78, 5) is 10.7. The average molecular weight is 607 g/mol. The minimum absolute atomic E-state index is 0.694. The summed E-state index contributed by atoms with van der Waals surface area (Å²) >= 11 is 1.78. The molecule has 10 rings (SSSR count). The minimum Gasteiger partial charge on any atom is -0.455 e. The molecule has 0 saturated heterocycles. The third kappa shape index (κ3) is 3.77. The molecular formula is C42H26N2OS. The van der Waals surface area contributed by atoms with Crippen LogP contribution in [0.3, 0.4) is 0 Å². The van der Waals surface area contributed by atoms with Crippen LogP contribution >= 0.6 is 11.3 Å². The fraction of sp³-hybridized carbons (Fsp3) is 0.0476. The van der Waals surface area contributed by atoms with Gasteiger partial charge in [0.2, 0.25) is 0 Å². The Bertz CT molecular complexity index is 2760. The summed E-state index contributed by atoms with van der Waals surface area (Å²) in [6, 6.07) is 41.0. The normalized spacial score (nSPS) is 13.5. The number of rotatable bonds is 3. The largest absolute Gasteiger partial charge is 0.455 e. The van der Waals surface area contributed by atoms with Crippen LogP contribution in [0.1, 0.15) is 18.5 Å². The number of benzene rings is 6. The van der Waals surface area contributed by atoms with E-state index in [-0.39, 0.29) is 0 Å². The lowest BCUT2D eigenvalue weighted by atomic mass is 9.92. The molecule has 216 valence electrons. The summed E-state index contributed by atoms with van der Waals surface area (Å²) in [5.41, 5.74) is 8.21. The van der Waals surface area contributed by atoms with Crippen LogP contribution in [0.25, 0.3) is 91.9 Å². The van der Waals surface area contributed by atoms with Crippen LogP contribution in [0.2, 0.25) is 0 Å². The van der Waals surface area contributed by atoms with Gasteiger partial charge in [0.1, 0.15) is 11.2 Å². The fourth-order valence-corrected chi connectivity index (χ4v) is 8.40. The molecule has 0 amide bonds. The number of thiophene rings is 1. The summed E-state index contributed by atoms with van der Waals surface area (Å²) in [7, 11) is 0. The number of furan rings is 1. The molecule has 0 spiro atoms. The highest BCUT2D eigenvalue weighted by Gasteiger charge is 2.24. The minimum atomic E-state index is 0.694. The van der Waals surface area contributed by atoms with Crippen LogP contribution in [-0.4, -0.2) is 9.97 Å². The van der Waals surface area contributed by atoms with Crippen molar-refractivity contribution in [1.82, 2.24) is 9.97 Å². The molecule has 1 aliphatic rings. The number of hydrogen-bond donors (Lipinski definition) is 0. The topological polar surface area (TPSA) is 38.9 Å². The average Bonchev–Trinajstić information content (AvgIpc) is 3.70. The molecule has 0 fully saturated rings. The molecule has 0 radical (unpaired) electrons. The first-order valence-corrected chi connectivity index (χ1v) is 16.5. The lowest BCUT2D eigenvalue weighted by Crippen LogP contribution is -1.98. The summed E-state index contributed by atoms with van der Waals surface area (Å²) in [6.07, 6.45) is 8.57. The molecule has 0 atom stereocenters. The Morgan fingerprint density at radius 1 is 0.609 bits per heavy atom. The van der Waals surface area contributed by atoms with Crippen molar-refractivity contribution in [2.24, 2.45) is 0 Å². The van der Waals surface area contributed by atoms with Crippen LogP contribution in [-0.2, 0) is 0 Å². The van der Waals surface area contributed by atoms with Gasteiger partial charge < -0.3 is 4.42 Å². The van der Waals surface area contributed by atoms with Crippen LogP contribution in [0, 0.1) is 0 Å². The van der Waals surface area contributed by atoms with E-state index in [1.807, 2.05) is 0 Å². The second kappa shape index (κ2) is 9.96. The van der Waals surface area contributed by atoms with E-state index in [2.05, 4.69) is 133 Å². The van der Waals surface area contributed by atoms with Gasteiger partial charge in [0.15, 0.2) is 5.82 Å². The molecule has 0 N–H and O–H groups in total. The van der Waals surface area contributed by atoms with Crippen LogP contribution in [0.15, 0.2) is 138 Å². The third-order valence-corrected chi connectivity index (χ3v) is 10.5. The second-order valence-electron chi connectivity index (χ2n) is 12.0. The molecule has 3 heterocycles. The Labute approximate surface area is 268 Å². The van der Waals surface area contributed by atoms with Crippen molar-refractivity contribution in [3.63, 3.8) is 0 Å². The number of hydrogen-bond acceptors (Lipinski definition) is 4. The fourth-order valence-electron chi connectivity index (χ4n) is 7.23. The van der Waals surface area contributed by atoms with Gasteiger partial charge in [-0.15, -0.1) is 11.3 Å². The molecule has 3 aromatic heterocycles. The predicted octanol–water partition coefficient (Wildman–Crippen LogP) is 12.1. The first kappa shape index (κ1) is 25.7. The molecule has 1 aliphatic carbocycles. The van der Waals surface area contributed by atoms with Gasteiger partial charge in [-0.3, -0.25) is 0 Å². The zero-order valence-corrected chi connectivity index (χ0v) is 25.6. The maximum absolute atomic E-state index is 6.88. The van der Waals surface area contributed by atoms with E-state index in [1.54, 1.807) is 11.3 Å². The van der Waals surface area contributed by atoms with E-state index in [4.69, 9.17) is 14.4 Å². The SMILES string of the molecule is C1=CCCC(c2nc(-c3ccc(-c4cccc5ccccc45)c4c3oc3ccc5ccccc5c34)nc3c2sc2ccccc23)=C1. The Morgan fingerprint density at radius 3 is 2.24 bits per heavy atom. The lowest BCUT2D eigenvalue weighted by Gasteiger charge is -2.13. The highest BCUT2D eigenvalue weighted by Crippen LogP contribution is 2.46. The molecule has 3 nitrogen and oxygen atoms in total. The number of nitrogens with zero attached hydrogens (tertiary/aromatic N) is 2. The van der Waals surface area contributed by atoms with E-state index >= 15 is 0 Å². The molecule has 9 aromatic rings. The Hall–Kier alpha value is -5.58. The number of allylic oxidation sites excluding steroid dienone is 4. The van der Waals surface area contributed by atoms with E-state index in [0.717, 1.165) is 61.8 Å². The van der Waals surface area contributed by atoms with Crippen molar-refractivity contribution in [1.29, 1.82) is 0 Å². The van der Waals surface area contributed by atoms with Crippen LogP contribution in [0.5, 0.6) is 0 Å². The summed E-state index contributed by atoms with van der Waals surface area (Å²) < 4.78 is 9.25. The Kier molecular flexibility index (Phi) is 5.57.